The number of para-hydroxylation sites is 2. The molecule has 7 nitrogen and oxygen atoms in total. The Balaban J connectivity index is 1.78. The second-order valence-electron chi connectivity index (χ2n) is 5.23. The predicted molar refractivity (Wildman–Crippen MR) is 79.8 cm³/mol. The van der Waals surface area contributed by atoms with Crippen LogP contribution < -0.4 is 4.74 Å². The maximum absolute atomic E-state index is 12.0. The van der Waals surface area contributed by atoms with Gasteiger partial charge in [0.1, 0.15) is 0 Å². The normalized spacial score (nSPS) is 17.2. The Bertz CT molecular complexity index is 528. The summed E-state index contributed by atoms with van der Waals surface area (Å²) in [4.78, 5) is 24.0. The van der Waals surface area contributed by atoms with Crippen molar-refractivity contribution in [1.29, 1.82) is 0 Å². The number of likely N-dealkylation sites (N-methyl/N-ethyl adjacent to an activating group) is 1. The van der Waals surface area contributed by atoms with Crippen molar-refractivity contribution in [3.63, 3.8) is 0 Å². The van der Waals surface area contributed by atoms with Crippen molar-refractivity contribution in [2.75, 3.05) is 26.8 Å². The van der Waals surface area contributed by atoms with Gasteiger partial charge < -0.3 is 14.4 Å². The van der Waals surface area contributed by atoms with Crippen LogP contribution in [0.25, 0.3) is 0 Å². The molecule has 1 aromatic carbocycles. The molecule has 1 atom stereocenters. The first-order chi connectivity index (χ1) is 10.6. The lowest BCUT2D eigenvalue weighted by Crippen LogP contribution is -2.34. The summed E-state index contributed by atoms with van der Waals surface area (Å²) in [7, 11) is 1.73. The number of ether oxygens (including phenoxy) is 2. The van der Waals surface area contributed by atoms with Crippen LogP contribution in [-0.2, 0) is 9.53 Å². The molecule has 0 radical (unpaired) electrons. The zero-order chi connectivity index (χ0) is 15.9. The van der Waals surface area contributed by atoms with Gasteiger partial charge in [-0.05, 0) is 18.9 Å². The Kier molecular flexibility index (Phi) is 5.71. The van der Waals surface area contributed by atoms with Gasteiger partial charge in [-0.25, -0.2) is 0 Å². The summed E-state index contributed by atoms with van der Waals surface area (Å²) in [5.41, 5.74) is -0.0948. The number of nitro benzene ring substituents is 1. The Morgan fingerprint density at radius 2 is 2.27 bits per heavy atom. The molecule has 1 saturated heterocycles. The summed E-state index contributed by atoms with van der Waals surface area (Å²) < 4.78 is 10.9. The summed E-state index contributed by atoms with van der Waals surface area (Å²) in [6, 6.07) is 6.14. The van der Waals surface area contributed by atoms with E-state index in [1.165, 1.54) is 12.1 Å². The molecule has 0 unspecified atom stereocenters. The highest BCUT2D eigenvalue weighted by atomic mass is 16.6. The molecule has 0 aliphatic carbocycles. The van der Waals surface area contributed by atoms with Crippen molar-refractivity contribution in [2.24, 2.45) is 0 Å². The van der Waals surface area contributed by atoms with E-state index in [9.17, 15) is 14.9 Å². The van der Waals surface area contributed by atoms with E-state index in [4.69, 9.17) is 9.47 Å². The van der Waals surface area contributed by atoms with Crippen LogP contribution in [0.5, 0.6) is 5.75 Å². The number of nitro groups is 1. The van der Waals surface area contributed by atoms with E-state index in [1.54, 1.807) is 24.1 Å². The van der Waals surface area contributed by atoms with Gasteiger partial charge in [-0.3, -0.25) is 14.9 Å². The zero-order valence-corrected chi connectivity index (χ0v) is 12.6. The molecule has 1 heterocycles. The quantitative estimate of drug-likeness (QED) is 0.568. The van der Waals surface area contributed by atoms with Gasteiger partial charge in [-0.2, -0.15) is 0 Å². The first-order valence-corrected chi connectivity index (χ1v) is 7.29. The van der Waals surface area contributed by atoms with Crippen LogP contribution in [0.2, 0.25) is 0 Å². The van der Waals surface area contributed by atoms with Gasteiger partial charge in [0.05, 0.1) is 24.1 Å². The first kappa shape index (κ1) is 16.2. The largest absolute Gasteiger partial charge is 0.486 e. The summed E-state index contributed by atoms with van der Waals surface area (Å²) in [5, 5.41) is 10.9. The number of carbonyl (C=O) groups is 1. The van der Waals surface area contributed by atoms with Crippen LogP contribution >= 0.6 is 0 Å². The number of rotatable bonds is 7. The standard InChI is InChI=1S/C15H20N2O5/c1-16(11-12-5-4-9-21-12)15(18)8-10-22-14-7-3-2-6-13(14)17(19)20/h2-3,6-7,12H,4-5,8-11H2,1H3/t12-/m0/s1. The molecule has 0 aromatic heterocycles. The van der Waals surface area contributed by atoms with Crippen LogP contribution in [0, 0.1) is 10.1 Å². The van der Waals surface area contributed by atoms with E-state index in [0.29, 0.717) is 6.54 Å². The fourth-order valence-corrected chi connectivity index (χ4v) is 2.36. The van der Waals surface area contributed by atoms with Crippen LogP contribution in [0.3, 0.4) is 0 Å². The first-order valence-electron chi connectivity index (χ1n) is 7.29. The fraction of sp³-hybridized carbons (Fsp3) is 0.533. The lowest BCUT2D eigenvalue weighted by Gasteiger charge is -2.20. The monoisotopic (exact) mass is 308 g/mol. The molecular formula is C15H20N2O5. The third kappa shape index (κ3) is 4.42. The van der Waals surface area contributed by atoms with Gasteiger partial charge in [-0.1, -0.05) is 12.1 Å². The van der Waals surface area contributed by atoms with Crippen molar-refractivity contribution in [1.82, 2.24) is 4.90 Å². The van der Waals surface area contributed by atoms with Crippen LogP contribution in [0.15, 0.2) is 24.3 Å². The summed E-state index contributed by atoms with van der Waals surface area (Å²) in [6.07, 6.45) is 2.30. The number of nitrogens with zero attached hydrogens (tertiary/aromatic N) is 2. The highest BCUT2D eigenvalue weighted by Crippen LogP contribution is 2.25. The molecule has 120 valence electrons. The van der Waals surface area contributed by atoms with E-state index in [-0.39, 0.29) is 36.5 Å². The third-order valence-electron chi connectivity index (χ3n) is 3.56. The minimum absolute atomic E-state index is 0.0610. The highest BCUT2D eigenvalue weighted by Gasteiger charge is 2.20. The SMILES string of the molecule is CN(C[C@@H]1CCCO1)C(=O)CCOc1ccccc1[N+](=O)[O-]. The highest BCUT2D eigenvalue weighted by molar-refractivity contribution is 5.76. The molecule has 0 N–H and O–H groups in total. The van der Waals surface area contributed by atoms with Gasteiger partial charge in [0.2, 0.25) is 5.91 Å². The molecular weight excluding hydrogens is 288 g/mol. The van der Waals surface area contributed by atoms with E-state index >= 15 is 0 Å². The minimum atomic E-state index is -0.499. The van der Waals surface area contributed by atoms with Crippen molar-refractivity contribution >= 4 is 11.6 Å². The zero-order valence-electron chi connectivity index (χ0n) is 12.6. The number of carbonyl (C=O) groups excluding carboxylic acids is 1. The number of amides is 1. The average Bonchev–Trinajstić information content (AvgIpc) is 3.00. The maximum Gasteiger partial charge on any atom is 0.310 e. The van der Waals surface area contributed by atoms with E-state index < -0.39 is 4.92 Å². The molecule has 0 bridgehead atoms. The molecule has 0 saturated carbocycles. The summed E-state index contributed by atoms with van der Waals surface area (Å²) in [5.74, 6) is 0.121. The van der Waals surface area contributed by atoms with Crippen molar-refractivity contribution in [2.45, 2.75) is 25.4 Å². The molecule has 7 heteroatoms. The third-order valence-corrected chi connectivity index (χ3v) is 3.56. The van der Waals surface area contributed by atoms with Crippen LogP contribution in [-0.4, -0.2) is 48.6 Å². The van der Waals surface area contributed by atoms with E-state index in [2.05, 4.69) is 0 Å². The van der Waals surface area contributed by atoms with Gasteiger partial charge >= 0.3 is 5.69 Å². The van der Waals surface area contributed by atoms with E-state index in [1.807, 2.05) is 0 Å². The van der Waals surface area contributed by atoms with Gasteiger partial charge in [0.25, 0.3) is 0 Å². The van der Waals surface area contributed by atoms with Gasteiger partial charge in [0.15, 0.2) is 5.75 Å². The second-order valence-corrected chi connectivity index (χ2v) is 5.23. The van der Waals surface area contributed by atoms with Crippen LogP contribution in [0.4, 0.5) is 5.69 Å². The maximum atomic E-state index is 12.0. The fourth-order valence-electron chi connectivity index (χ4n) is 2.36. The summed E-state index contributed by atoms with van der Waals surface area (Å²) in [6.45, 7) is 1.44. The molecule has 1 aliphatic rings. The van der Waals surface area contributed by atoms with Crippen molar-refractivity contribution < 1.29 is 19.2 Å². The number of benzene rings is 1. The van der Waals surface area contributed by atoms with E-state index in [0.717, 1.165) is 19.4 Å². The van der Waals surface area contributed by atoms with Gasteiger partial charge in [0, 0.05) is 26.3 Å². The smallest absolute Gasteiger partial charge is 0.310 e. The Morgan fingerprint density at radius 1 is 1.50 bits per heavy atom. The summed E-state index contributed by atoms with van der Waals surface area (Å²) >= 11 is 0. The lowest BCUT2D eigenvalue weighted by molar-refractivity contribution is -0.385. The molecule has 1 fully saturated rings. The minimum Gasteiger partial charge on any atom is -0.486 e. The lowest BCUT2D eigenvalue weighted by atomic mass is 10.2. The van der Waals surface area contributed by atoms with Crippen LogP contribution in [0.1, 0.15) is 19.3 Å². The number of hydrogen-bond acceptors (Lipinski definition) is 5. The molecule has 1 aromatic rings. The molecule has 22 heavy (non-hydrogen) atoms. The Morgan fingerprint density at radius 3 is 2.95 bits per heavy atom. The molecule has 1 amide bonds. The molecule has 0 spiro atoms. The molecule has 1 aliphatic heterocycles. The van der Waals surface area contributed by atoms with Crippen molar-refractivity contribution in [3.05, 3.63) is 34.4 Å². The topological polar surface area (TPSA) is 81.9 Å². The van der Waals surface area contributed by atoms with Crippen molar-refractivity contribution in [3.8, 4) is 5.75 Å². The van der Waals surface area contributed by atoms with Gasteiger partial charge in [-0.15, -0.1) is 0 Å². The second kappa shape index (κ2) is 7.74. The molecule has 2 rings (SSSR count). The average molecular weight is 308 g/mol. The predicted octanol–water partition coefficient (Wildman–Crippen LogP) is 2.00. The Labute approximate surface area is 129 Å². The Hall–Kier alpha value is -2.15. The number of hydrogen-bond donors (Lipinski definition) is 0.